The van der Waals surface area contributed by atoms with Crippen LogP contribution in [0.5, 0.6) is 0 Å². The van der Waals surface area contributed by atoms with Crippen molar-refractivity contribution in [2.24, 2.45) is 28.6 Å². The molecule has 2 N–H and O–H groups in total. The molecule has 36 heavy (non-hydrogen) atoms. The number of carboxylic acids is 1. The number of carbonyl (C=O) groups excluding carboxylic acids is 3. The first kappa shape index (κ1) is 25.4. The number of fused-ring (bicyclic) bond motifs is 5. The number of likely N-dealkylation sites (tertiary alicyclic amines) is 1. The van der Waals surface area contributed by atoms with Gasteiger partial charge in [0.2, 0.25) is 5.91 Å². The van der Waals surface area contributed by atoms with E-state index in [2.05, 4.69) is 13.8 Å². The molecule has 8 heteroatoms. The van der Waals surface area contributed by atoms with Crippen LogP contribution in [0.1, 0.15) is 84.5 Å². The van der Waals surface area contributed by atoms with Crippen LogP contribution in [0.3, 0.4) is 0 Å². The van der Waals surface area contributed by atoms with Gasteiger partial charge in [-0.1, -0.05) is 19.4 Å². The van der Waals surface area contributed by atoms with Crippen molar-refractivity contribution in [1.29, 1.82) is 0 Å². The molecule has 0 unspecified atom stereocenters. The standard InChI is InChI=1S/C28H39NO7/c1-27-11-9-17(30)13-16(27)3-4-19-20-5-6-23(28(20,2)12-10-21(19)27)36-25(33)8-7-24(32)29-15-18(31)14-22(29)26(34)35/h13,18-23,31H,3-12,14-15H2,1-2H3,(H,34,35)/t18-,19-,20-,21-,22+,23-,27-,28-/m0/s1. The van der Waals surface area contributed by atoms with Gasteiger partial charge in [-0.25, -0.2) is 4.79 Å². The molecule has 1 amide bonds. The SMILES string of the molecule is C[C@]12CC[C@H]3[C@@H](CCC4=CC(=O)CC[C@@]43C)[C@@H]1CC[C@@H]2OC(=O)CCC(=O)N1C[C@@H](O)C[C@@H]1C(=O)O. The molecule has 4 aliphatic carbocycles. The van der Waals surface area contributed by atoms with Crippen molar-refractivity contribution in [1.82, 2.24) is 4.90 Å². The fourth-order valence-corrected chi connectivity index (χ4v) is 8.60. The Hall–Kier alpha value is -2.22. The Labute approximate surface area is 212 Å². The summed E-state index contributed by atoms with van der Waals surface area (Å²) in [4.78, 5) is 50.0. The van der Waals surface area contributed by atoms with Gasteiger partial charge in [-0.3, -0.25) is 14.4 Å². The number of esters is 1. The minimum Gasteiger partial charge on any atom is -0.480 e. The van der Waals surface area contributed by atoms with Crippen LogP contribution in [0.15, 0.2) is 11.6 Å². The number of aliphatic carboxylic acids is 1. The Morgan fingerprint density at radius 3 is 2.58 bits per heavy atom. The maximum atomic E-state index is 12.8. The van der Waals surface area contributed by atoms with Crippen LogP contribution in [0.2, 0.25) is 0 Å². The van der Waals surface area contributed by atoms with Crippen LogP contribution in [0.25, 0.3) is 0 Å². The van der Waals surface area contributed by atoms with Crippen molar-refractivity contribution in [2.45, 2.75) is 103 Å². The smallest absolute Gasteiger partial charge is 0.326 e. The van der Waals surface area contributed by atoms with Crippen LogP contribution >= 0.6 is 0 Å². The van der Waals surface area contributed by atoms with Crippen LogP contribution in [0.4, 0.5) is 0 Å². The molecule has 0 aromatic rings. The molecule has 0 bridgehead atoms. The maximum Gasteiger partial charge on any atom is 0.326 e. The van der Waals surface area contributed by atoms with Gasteiger partial charge in [0.1, 0.15) is 12.1 Å². The minimum atomic E-state index is -1.14. The normalized spacial score (nSPS) is 41.7. The number of aliphatic hydroxyl groups excluding tert-OH is 1. The largest absolute Gasteiger partial charge is 0.480 e. The highest BCUT2D eigenvalue weighted by atomic mass is 16.5. The Morgan fingerprint density at radius 1 is 1.06 bits per heavy atom. The number of rotatable bonds is 5. The molecule has 4 fully saturated rings. The molecule has 0 spiro atoms. The van der Waals surface area contributed by atoms with Gasteiger partial charge in [-0.2, -0.15) is 0 Å². The molecular weight excluding hydrogens is 462 g/mol. The van der Waals surface area contributed by atoms with E-state index in [1.54, 1.807) is 0 Å². The lowest BCUT2D eigenvalue weighted by molar-refractivity contribution is -0.161. The summed E-state index contributed by atoms with van der Waals surface area (Å²) >= 11 is 0. The van der Waals surface area contributed by atoms with Crippen molar-refractivity contribution in [3.05, 3.63) is 11.6 Å². The summed E-state index contributed by atoms with van der Waals surface area (Å²) in [5.74, 6) is -0.0520. The third-order valence-electron chi connectivity index (χ3n) is 10.6. The molecule has 1 aliphatic heterocycles. The number of ether oxygens (including phenoxy) is 1. The highest BCUT2D eigenvalue weighted by Crippen LogP contribution is 2.65. The van der Waals surface area contributed by atoms with E-state index in [4.69, 9.17) is 4.74 Å². The summed E-state index contributed by atoms with van der Waals surface area (Å²) < 4.78 is 5.99. The Bertz CT molecular complexity index is 990. The first-order valence-corrected chi connectivity index (χ1v) is 13.7. The summed E-state index contributed by atoms with van der Waals surface area (Å²) in [5, 5.41) is 19.1. The van der Waals surface area contributed by atoms with E-state index in [1.807, 2.05) is 6.08 Å². The molecule has 0 aromatic carbocycles. The number of allylic oxidation sites excluding steroid dienone is 1. The molecule has 198 valence electrons. The highest BCUT2D eigenvalue weighted by Gasteiger charge is 2.60. The van der Waals surface area contributed by atoms with Crippen LogP contribution in [-0.2, 0) is 23.9 Å². The number of amides is 1. The predicted octanol–water partition coefficient (Wildman–Crippen LogP) is 3.26. The Balaban J connectivity index is 1.19. The van der Waals surface area contributed by atoms with Gasteiger partial charge in [0.05, 0.1) is 12.5 Å². The first-order valence-electron chi connectivity index (χ1n) is 13.7. The van der Waals surface area contributed by atoms with Gasteiger partial charge in [-0.15, -0.1) is 0 Å². The fourth-order valence-electron chi connectivity index (χ4n) is 8.60. The maximum absolute atomic E-state index is 12.8. The molecule has 1 saturated heterocycles. The van der Waals surface area contributed by atoms with E-state index in [0.717, 1.165) is 44.9 Å². The lowest BCUT2D eigenvalue weighted by Crippen LogP contribution is -2.51. The van der Waals surface area contributed by atoms with E-state index in [9.17, 15) is 29.4 Å². The van der Waals surface area contributed by atoms with Crippen molar-refractivity contribution < 1.29 is 34.1 Å². The van der Waals surface area contributed by atoms with Crippen LogP contribution in [0, 0.1) is 28.6 Å². The molecule has 5 rings (SSSR count). The van der Waals surface area contributed by atoms with Gasteiger partial charge >= 0.3 is 11.9 Å². The molecule has 0 aromatic heterocycles. The second-order valence-electron chi connectivity index (χ2n) is 12.4. The summed E-state index contributed by atoms with van der Waals surface area (Å²) in [5.41, 5.74) is 1.39. The van der Waals surface area contributed by atoms with Gasteiger partial charge in [0.15, 0.2) is 5.78 Å². The monoisotopic (exact) mass is 501 g/mol. The molecule has 0 radical (unpaired) electrons. The number of aliphatic hydroxyl groups is 1. The number of nitrogens with zero attached hydrogens (tertiary/aromatic N) is 1. The zero-order chi connectivity index (χ0) is 25.8. The van der Waals surface area contributed by atoms with Crippen LogP contribution < -0.4 is 0 Å². The summed E-state index contributed by atoms with van der Waals surface area (Å²) in [6, 6.07) is -1.04. The summed E-state index contributed by atoms with van der Waals surface area (Å²) in [6.07, 6.45) is 8.37. The van der Waals surface area contributed by atoms with Crippen molar-refractivity contribution in [2.75, 3.05) is 6.54 Å². The molecule has 8 atom stereocenters. The van der Waals surface area contributed by atoms with Crippen molar-refractivity contribution in [3.8, 4) is 0 Å². The van der Waals surface area contributed by atoms with E-state index < -0.39 is 30.0 Å². The number of hydrogen-bond acceptors (Lipinski definition) is 6. The van der Waals surface area contributed by atoms with Gasteiger partial charge in [-0.05, 0) is 74.2 Å². The van der Waals surface area contributed by atoms with Gasteiger partial charge in [0.25, 0.3) is 0 Å². The van der Waals surface area contributed by atoms with Crippen LogP contribution in [-0.4, -0.2) is 63.5 Å². The first-order chi connectivity index (χ1) is 17.0. The van der Waals surface area contributed by atoms with E-state index in [-0.39, 0.29) is 48.5 Å². The number of ketones is 1. The topological polar surface area (TPSA) is 121 Å². The van der Waals surface area contributed by atoms with Gasteiger partial charge < -0.3 is 19.8 Å². The molecule has 3 saturated carbocycles. The predicted molar refractivity (Wildman–Crippen MR) is 130 cm³/mol. The fraction of sp³-hybridized carbons (Fsp3) is 0.786. The summed E-state index contributed by atoms with van der Waals surface area (Å²) in [6.45, 7) is 4.62. The minimum absolute atomic E-state index is 0.0141. The Morgan fingerprint density at radius 2 is 1.83 bits per heavy atom. The number of carboxylic acid groups (broad SMARTS) is 1. The molecule has 8 nitrogen and oxygen atoms in total. The van der Waals surface area contributed by atoms with Gasteiger partial charge in [0, 0.05) is 31.2 Å². The van der Waals surface area contributed by atoms with Crippen molar-refractivity contribution in [3.63, 3.8) is 0 Å². The average Bonchev–Trinajstić information content (AvgIpc) is 3.38. The average molecular weight is 502 g/mol. The molecule has 5 aliphatic rings. The van der Waals surface area contributed by atoms with E-state index >= 15 is 0 Å². The van der Waals surface area contributed by atoms with Crippen molar-refractivity contribution >= 4 is 23.6 Å². The lowest BCUT2D eigenvalue weighted by atomic mass is 9.47. The third-order valence-corrected chi connectivity index (χ3v) is 10.6. The Kier molecular flexibility index (Phi) is 6.54. The zero-order valence-corrected chi connectivity index (χ0v) is 21.4. The second-order valence-corrected chi connectivity index (χ2v) is 12.4. The molecular formula is C28H39NO7. The lowest BCUT2D eigenvalue weighted by Gasteiger charge is -2.57. The third kappa shape index (κ3) is 4.19. The number of hydrogen-bond donors (Lipinski definition) is 2. The highest BCUT2D eigenvalue weighted by molar-refractivity contribution is 5.91. The van der Waals surface area contributed by atoms with E-state index in [0.29, 0.717) is 24.2 Å². The zero-order valence-electron chi connectivity index (χ0n) is 21.4. The quantitative estimate of drug-likeness (QED) is 0.555. The number of carbonyl (C=O) groups is 4. The summed E-state index contributed by atoms with van der Waals surface area (Å²) in [7, 11) is 0. The molecule has 1 heterocycles. The van der Waals surface area contributed by atoms with E-state index in [1.165, 1.54) is 10.5 Å². The second kappa shape index (κ2) is 9.26. The number of β-amino-alcohol motifs (C(OH)–C–C–N with tert-alkyl or cyclic N) is 1.